The molecule has 2 heterocycles. The van der Waals surface area contributed by atoms with Gasteiger partial charge in [0.15, 0.2) is 0 Å². The molecule has 3 rings (SSSR count). The fraction of sp³-hybridized carbons (Fsp3) is 0.588. The van der Waals surface area contributed by atoms with Gasteiger partial charge in [0.1, 0.15) is 5.82 Å². The number of para-hydroxylation sites is 2. The van der Waals surface area contributed by atoms with E-state index in [-0.39, 0.29) is 0 Å². The third kappa shape index (κ3) is 3.44. The van der Waals surface area contributed by atoms with Crippen LogP contribution in [0.5, 0.6) is 0 Å². The van der Waals surface area contributed by atoms with E-state index in [1.54, 1.807) is 0 Å². The molecule has 0 saturated carbocycles. The molecule has 0 atom stereocenters. The first kappa shape index (κ1) is 14.5. The molecular formula is C17H26N4. The van der Waals surface area contributed by atoms with Crippen molar-refractivity contribution in [1.29, 1.82) is 0 Å². The predicted octanol–water partition coefficient (Wildman–Crippen LogP) is 2.63. The molecule has 114 valence electrons. The molecule has 1 aliphatic rings. The van der Waals surface area contributed by atoms with E-state index >= 15 is 0 Å². The lowest BCUT2D eigenvalue weighted by Gasteiger charge is -2.14. The van der Waals surface area contributed by atoms with Crippen molar-refractivity contribution >= 4 is 11.0 Å². The van der Waals surface area contributed by atoms with E-state index in [1.807, 2.05) is 0 Å². The number of rotatable bonds is 7. The Hall–Kier alpha value is -1.39. The molecule has 0 radical (unpaired) electrons. The highest BCUT2D eigenvalue weighted by Gasteiger charge is 2.11. The van der Waals surface area contributed by atoms with Crippen molar-refractivity contribution in [1.82, 2.24) is 19.8 Å². The van der Waals surface area contributed by atoms with Crippen molar-refractivity contribution in [3.8, 4) is 0 Å². The van der Waals surface area contributed by atoms with Crippen molar-refractivity contribution in [3.05, 3.63) is 30.1 Å². The summed E-state index contributed by atoms with van der Waals surface area (Å²) in [5, 5.41) is 3.55. The van der Waals surface area contributed by atoms with Crippen molar-refractivity contribution in [2.45, 2.75) is 39.3 Å². The normalized spacial score (nSPS) is 16.0. The fourth-order valence-electron chi connectivity index (χ4n) is 3.25. The SMILES string of the molecule is CCn1c(CNCCCN2CCCC2)nc2ccccc21. The van der Waals surface area contributed by atoms with Crippen LogP contribution in [0.3, 0.4) is 0 Å². The molecule has 0 bridgehead atoms. The van der Waals surface area contributed by atoms with Crippen LogP contribution >= 0.6 is 0 Å². The topological polar surface area (TPSA) is 33.1 Å². The maximum atomic E-state index is 4.75. The quantitative estimate of drug-likeness (QED) is 0.794. The Morgan fingerprint density at radius 3 is 2.81 bits per heavy atom. The van der Waals surface area contributed by atoms with E-state index in [0.29, 0.717) is 0 Å². The number of hydrogen-bond donors (Lipinski definition) is 1. The predicted molar refractivity (Wildman–Crippen MR) is 87.4 cm³/mol. The van der Waals surface area contributed by atoms with Crippen LogP contribution in [0.2, 0.25) is 0 Å². The summed E-state index contributed by atoms with van der Waals surface area (Å²) in [5.41, 5.74) is 2.35. The van der Waals surface area contributed by atoms with Crippen LogP contribution in [0.15, 0.2) is 24.3 Å². The third-order valence-corrected chi connectivity index (χ3v) is 4.36. The number of nitrogens with one attached hydrogen (secondary N) is 1. The lowest BCUT2D eigenvalue weighted by molar-refractivity contribution is 0.330. The second kappa shape index (κ2) is 7.05. The zero-order valence-corrected chi connectivity index (χ0v) is 13.0. The van der Waals surface area contributed by atoms with Gasteiger partial charge >= 0.3 is 0 Å². The van der Waals surface area contributed by atoms with Crippen LogP contribution in [0, 0.1) is 0 Å². The first-order valence-electron chi connectivity index (χ1n) is 8.25. The standard InChI is InChI=1S/C17H26N4/c1-2-21-16-9-4-3-8-15(16)19-17(21)14-18-10-7-13-20-11-5-6-12-20/h3-4,8-9,18H,2,5-7,10-14H2,1H3. The van der Waals surface area contributed by atoms with Crippen molar-refractivity contribution in [2.24, 2.45) is 0 Å². The number of benzene rings is 1. The number of imidazole rings is 1. The fourth-order valence-corrected chi connectivity index (χ4v) is 3.25. The van der Waals surface area contributed by atoms with Gasteiger partial charge in [0, 0.05) is 6.54 Å². The minimum absolute atomic E-state index is 0.864. The Morgan fingerprint density at radius 2 is 2.00 bits per heavy atom. The summed E-state index contributed by atoms with van der Waals surface area (Å²) in [6.07, 6.45) is 3.99. The molecule has 1 aromatic carbocycles. The number of aryl methyl sites for hydroxylation is 1. The molecule has 4 nitrogen and oxygen atoms in total. The summed E-state index contributed by atoms with van der Waals surface area (Å²) in [4.78, 5) is 7.32. The first-order valence-corrected chi connectivity index (χ1v) is 8.25. The molecule has 0 unspecified atom stereocenters. The summed E-state index contributed by atoms with van der Waals surface area (Å²) in [6, 6.07) is 8.40. The van der Waals surface area contributed by atoms with Gasteiger partial charge in [-0.15, -0.1) is 0 Å². The van der Waals surface area contributed by atoms with Crippen molar-refractivity contribution < 1.29 is 0 Å². The molecule has 2 aromatic rings. The van der Waals surface area contributed by atoms with Crippen molar-refractivity contribution in [2.75, 3.05) is 26.2 Å². The van der Waals surface area contributed by atoms with Crippen LogP contribution in [-0.2, 0) is 13.1 Å². The summed E-state index contributed by atoms with van der Waals surface area (Å²) in [6.45, 7) is 8.93. The highest BCUT2D eigenvalue weighted by Crippen LogP contribution is 2.15. The Kier molecular flexibility index (Phi) is 4.88. The molecule has 4 heteroatoms. The van der Waals surface area contributed by atoms with Gasteiger partial charge in [-0.2, -0.15) is 0 Å². The van der Waals surface area contributed by atoms with Gasteiger partial charge in [0.05, 0.1) is 17.6 Å². The Balaban J connectivity index is 1.50. The summed E-state index contributed by atoms with van der Waals surface area (Å²) in [5.74, 6) is 1.15. The second-order valence-electron chi connectivity index (χ2n) is 5.84. The summed E-state index contributed by atoms with van der Waals surface area (Å²) < 4.78 is 2.31. The van der Waals surface area contributed by atoms with Crippen molar-refractivity contribution in [3.63, 3.8) is 0 Å². The number of nitrogens with zero attached hydrogens (tertiary/aromatic N) is 3. The Bertz CT molecular complexity index is 569. The third-order valence-electron chi connectivity index (χ3n) is 4.36. The average Bonchev–Trinajstić information content (AvgIpc) is 3.13. The van der Waals surface area contributed by atoms with Crippen LogP contribution in [0.25, 0.3) is 11.0 Å². The van der Waals surface area contributed by atoms with Crippen LogP contribution < -0.4 is 5.32 Å². The minimum Gasteiger partial charge on any atom is -0.327 e. The first-order chi connectivity index (χ1) is 10.4. The number of hydrogen-bond acceptors (Lipinski definition) is 3. The number of likely N-dealkylation sites (tertiary alicyclic amines) is 1. The molecule has 0 aliphatic carbocycles. The Labute approximate surface area is 127 Å². The second-order valence-corrected chi connectivity index (χ2v) is 5.84. The number of aromatic nitrogens is 2. The Morgan fingerprint density at radius 1 is 1.19 bits per heavy atom. The molecule has 1 saturated heterocycles. The van der Waals surface area contributed by atoms with Crippen LogP contribution in [-0.4, -0.2) is 40.6 Å². The summed E-state index contributed by atoms with van der Waals surface area (Å²) in [7, 11) is 0. The van der Waals surface area contributed by atoms with E-state index < -0.39 is 0 Å². The maximum Gasteiger partial charge on any atom is 0.123 e. The lowest BCUT2D eigenvalue weighted by atomic mass is 10.3. The van der Waals surface area contributed by atoms with E-state index in [0.717, 1.165) is 31.0 Å². The molecule has 1 N–H and O–H groups in total. The summed E-state index contributed by atoms with van der Waals surface area (Å²) >= 11 is 0. The van der Waals surface area contributed by atoms with Gasteiger partial charge in [-0.25, -0.2) is 4.98 Å². The van der Waals surface area contributed by atoms with Gasteiger partial charge in [-0.3, -0.25) is 0 Å². The lowest BCUT2D eigenvalue weighted by Crippen LogP contribution is -2.25. The van der Waals surface area contributed by atoms with Gasteiger partial charge in [-0.05, 0) is 64.5 Å². The molecule has 1 fully saturated rings. The largest absolute Gasteiger partial charge is 0.327 e. The van der Waals surface area contributed by atoms with E-state index in [1.165, 1.54) is 44.4 Å². The van der Waals surface area contributed by atoms with Gasteiger partial charge in [-0.1, -0.05) is 12.1 Å². The van der Waals surface area contributed by atoms with E-state index in [4.69, 9.17) is 4.98 Å². The van der Waals surface area contributed by atoms with Gasteiger partial charge in [0.2, 0.25) is 0 Å². The zero-order valence-electron chi connectivity index (χ0n) is 13.0. The molecule has 1 aromatic heterocycles. The maximum absolute atomic E-state index is 4.75. The highest BCUT2D eigenvalue weighted by atomic mass is 15.1. The number of fused-ring (bicyclic) bond motifs is 1. The molecule has 0 amide bonds. The smallest absolute Gasteiger partial charge is 0.123 e. The van der Waals surface area contributed by atoms with Gasteiger partial charge < -0.3 is 14.8 Å². The van der Waals surface area contributed by atoms with Gasteiger partial charge in [0.25, 0.3) is 0 Å². The van der Waals surface area contributed by atoms with E-state index in [9.17, 15) is 0 Å². The molecule has 21 heavy (non-hydrogen) atoms. The molecular weight excluding hydrogens is 260 g/mol. The van der Waals surface area contributed by atoms with Crippen LogP contribution in [0.1, 0.15) is 32.0 Å². The molecule has 0 spiro atoms. The molecule has 1 aliphatic heterocycles. The monoisotopic (exact) mass is 286 g/mol. The van der Waals surface area contributed by atoms with E-state index in [2.05, 4.69) is 46.0 Å². The average molecular weight is 286 g/mol. The minimum atomic E-state index is 0.864. The zero-order chi connectivity index (χ0) is 14.5. The van der Waals surface area contributed by atoms with Crippen LogP contribution in [0.4, 0.5) is 0 Å². The highest BCUT2D eigenvalue weighted by molar-refractivity contribution is 5.75.